The Morgan fingerprint density at radius 2 is 2.11 bits per heavy atom. The van der Waals surface area contributed by atoms with Crippen LogP contribution in [0.25, 0.3) is 0 Å². The summed E-state index contributed by atoms with van der Waals surface area (Å²) in [5.41, 5.74) is 5.34. The summed E-state index contributed by atoms with van der Waals surface area (Å²) in [5.74, 6) is 0.140. The van der Waals surface area contributed by atoms with Gasteiger partial charge in [-0.1, -0.05) is 39.5 Å². The summed E-state index contributed by atoms with van der Waals surface area (Å²) in [6.07, 6.45) is 7.23. The van der Waals surface area contributed by atoms with E-state index in [2.05, 4.69) is 6.92 Å². The summed E-state index contributed by atoms with van der Waals surface area (Å²) >= 11 is 0. The van der Waals surface area contributed by atoms with Crippen molar-refractivity contribution in [1.29, 1.82) is 0 Å². The fraction of sp³-hybridized carbons (Fsp3) is 0.857. The molecule has 0 spiro atoms. The van der Waals surface area contributed by atoms with Gasteiger partial charge in [-0.2, -0.15) is 0 Å². The Bertz CT molecular complexity index is 292. The molecule has 1 aliphatic rings. The minimum Gasteiger partial charge on any atom is -0.368 e. The first kappa shape index (κ1) is 15.0. The van der Waals surface area contributed by atoms with Gasteiger partial charge in [0, 0.05) is 13.0 Å². The Labute approximate surface area is 110 Å². The number of likely N-dealkylation sites (tertiary alicyclic amines) is 1. The molecule has 1 rings (SSSR count). The molecule has 4 heteroatoms. The van der Waals surface area contributed by atoms with Crippen LogP contribution in [0.3, 0.4) is 0 Å². The zero-order valence-corrected chi connectivity index (χ0v) is 11.7. The van der Waals surface area contributed by atoms with Crippen LogP contribution in [0, 0.1) is 5.92 Å². The molecule has 0 aliphatic carbocycles. The molecule has 0 unspecified atom stereocenters. The number of nitrogens with zero attached hydrogens (tertiary/aromatic N) is 1. The molecule has 0 aromatic heterocycles. The Morgan fingerprint density at radius 3 is 2.67 bits per heavy atom. The lowest BCUT2D eigenvalue weighted by atomic mass is 10.00. The summed E-state index contributed by atoms with van der Waals surface area (Å²) in [4.78, 5) is 24.9. The van der Waals surface area contributed by atoms with Crippen molar-refractivity contribution < 1.29 is 9.59 Å². The highest BCUT2D eigenvalue weighted by Crippen LogP contribution is 2.25. The quantitative estimate of drug-likeness (QED) is 0.674. The second-order valence-corrected chi connectivity index (χ2v) is 5.29. The summed E-state index contributed by atoms with van der Waals surface area (Å²) in [6, 6.07) is -0.404. The predicted molar refractivity (Wildman–Crippen MR) is 71.9 cm³/mol. The van der Waals surface area contributed by atoms with E-state index in [1.807, 2.05) is 6.92 Å². The van der Waals surface area contributed by atoms with Gasteiger partial charge in [0.1, 0.15) is 6.04 Å². The Balaban J connectivity index is 2.41. The summed E-state index contributed by atoms with van der Waals surface area (Å²) < 4.78 is 0. The van der Waals surface area contributed by atoms with Gasteiger partial charge in [-0.3, -0.25) is 9.59 Å². The van der Waals surface area contributed by atoms with Crippen molar-refractivity contribution in [3.05, 3.63) is 0 Å². The second-order valence-electron chi connectivity index (χ2n) is 5.29. The molecule has 2 atom stereocenters. The van der Waals surface area contributed by atoms with E-state index in [1.165, 1.54) is 25.7 Å². The van der Waals surface area contributed by atoms with E-state index >= 15 is 0 Å². The number of amides is 2. The first-order chi connectivity index (χ1) is 8.60. The van der Waals surface area contributed by atoms with Crippen LogP contribution in [0.1, 0.15) is 58.8 Å². The van der Waals surface area contributed by atoms with Crippen molar-refractivity contribution in [1.82, 2.24) is 4.90 Å². The maximum absolute atomic E-state index is 11.9. The molecule has 1 aliphatic heterocycles. The second kappa shape index (κ2) is 7.39. The average Bonchev–Trinajstić information content (AvgIpc) is 2.67. The van der Waals surface area contributed by atoms with Crippen molar-refractivity contribution in [2.24, 2.45) is 11.7 Å². The highest BCUT2D eigenvalue weighted by atomic mass is 16.2. The number of hydrogen-bond donors (Lipinski definition) is 1. The fourth-order valence-electron chi connectivity index (χ4n) is 2.74. The standard InChI is InChI=1S/C14H26N2O2/c1-3-5-6-7-8-11-9-13(17)16(10-11)12(4-2)14(15)18/h11-12H,3-10H2,1-2H3,(H2,15,18)/t11-,12+/m1/s1. The number of nitrogens with two attached hydrogens (primary N) is 1. The maximum Gasteiger partial charge on any atom is 0.240 e. The third kappa shape index (κ3) is 4.00. The van der Waals surface area contributed by atoms with E-state index in [9.17, 15) is 9.59 Å². The smallest absolute Gasteiger partial charge is 0.240 e. The van der Waals surface area contributed by atoms with E-state index in [4.69, 9.17) is 5.73 Å². The number of primary amides is 1. The molecular weight excluding hydrogens is 228 g/mol. The van der Waals surface area contributed by atoms with Crippen molar-refractivity contribution >= 4 is 11.8 Å². The molecule has 18 heavy (non-hydrogen) atoms. The third-order valence-electron chi connectivity index (χ3n) is 3.80. The highest BCUT2D eigenvalue weighted by Gasteiger charge is 2.35. The number of unbranched alkanes of at least 4 members (excludes halogenated alkanes) is 3. The topological polar surface area (TPSA) is 63.4 Å². The average molecular weight is 254 g/mol. The normalized spacial score (nSPS) is 21.3. The number of rotatable bonds is 8. The molecule has 2 amide bonds. The van der Waals surface area contributed by atoms with Crippen LogP contribution in [-0.2, 0) is 9.59 Å². The largest absolute Gasteiger partial charge is 0.368 e. The fourth-order valence-corrected chi connectivity index (χ4v) is 2.74. The van der Waals surface area contributed by atoms with Gasteiger partial charge in [0.15, 0.2) is 0 Å². The van der Waals surface area contributed by atoms with Crippen LogP contribution in [0.15, 0.2) is 0 Å². The van der Waals surface area contributed by atoms with E-state index in [0.717, 1.165) is 6.42 Å². The molecule has 0 aromatic rings. The number of carbonyl (C=O) groups is 2. The molecule has 0 bridgehead atoms. The number of hydrogen-bond acceptors (Lipinski definition) is 2. The lowest BCUT2D eigenvalue weighted by Gasteiger charge is -2.24. The summed E-state index contributed by atoms with van der Waals surface area (Å²) in [5, 5.41) is 0. The monoisotopic (exact) mass is 254 g/mol. The predicted octanol–water partition coefficient (Wildman–Crippen LogP) is 2.07. The zero-order chi connectivity index (χ0) is 13.5. The molecule has 0 aromatic carbocycles. The van der Waals surface area contributed by atoms with Gasteiger partial charge >= 0.3 is 0 Å². The number of carbonyl (C=O) groups excluding carboxylic acids is 2. The lowest BCUT2D eigenvalue weighted by molar-refractivity contribution is -0.136. The van der Waals surface area contributed by atoms with Gasteiger partial charge < -0.3 is 10.6 Å². The van der Waals surface area contributed by atoms with Gasteiger partial charge in [-0.15, -0.1) is 0 Å². The molecule has 4 nitrogen and oxygen atoms in total. The van der Waals surface area contributed by atoms with Crippen LogP contribution < -0.4 is 5.73 Å². The Hall–Kier alpha value is -1.06. The van der Waals surface area contributed by atoms with Crippen LogP contribution in [-0.4, -0.2) is 29.3 Å². The first-order valence-corrected chi connectivity index (χ1v) is 7.18. The van der Waals surface area contributed by atoms with Crippen molar-refractivity contribution in [3.63, 3.8) is 0 Å². The maximum atomic E-state index is 11.9. The molecule has 0 saturated carbocycles. The molecule has 2 N–H and O–H groups in total. The van der Waals surface area contributed by atoms with E-state index in [-0.39, 0.29) is 11.8 Å². The molecule has 1 heterocycles. The van der Waals surface area contributed by atoms with Crippen molar-refractivity contribution in [3.8, 4) is 0 Å². The van der Waals surface area contributed by atoms with Gasteiger partial charge in [-0.05, 0) is 18.8 Å². The SMILES string of the molecule is CCCCCC[C@@H]1CC(=O)N([C@@H](CC)C(N)=O)C1. The highest BCUT2D eigenvalue weighted by molar-refractivity contribution is 5.87. The van der Waals surface area contributed by atoms with Crippen LogP contribution in [0.5, 0.6) is 0 Å². The molecule has 1 saturated heterocycles. The van der Waals surface area contributed by atoms with E-state index in [0.29, 0.717) is 25.3 Å². The zero-order valence-electron chi connectivity index (χ0n) is 11.7. The van der Waals surface area contributed by atoms with Crippen LogP contribution >= 0.6 is 0 Å². The van der Waals surface area contributed by atoms with Crippen molar-refractivity contribution in [2.45, 2.75) is 64.8 Å². The molecule has 104 valence electrons. The first-order valence-electron chi connectivity index (χ1n) is 7.18. The van der Waals surface area contributed by atoms with Gasteiger partial charge in [0.05, 0.1) is 0 Å². The van der Waals surface area contributed by atoms with Crippen LogP contribution in [0.2, 0.25) is 0 Å². The summed E-state index contributed by atoms with van der Waals surface area (Å²) in [6.45, 7) is 4.81. The van der Waals surface area contributed by atoms with Gasteiger partial charge in [0.25, 0.3) is 0 Å². The lowest BCUT2D eigenvalue weighted by Crippen LogP contribution is -2.45. The minimum absolute atomic E-state index is 0.0983. The molecular formula is C14H26N2O2. The third-order valence-corrected chi connectivity index (χ3v) is 3.80. The van der Waals surface area contributed by atoms with Gasteiger partial charge in [-0.25, -0.2) is 0 Å². The van der Waals surface area contributed by atoms with E-state index < -0.39 is 6.04 Å². The Kier molecular flexibility index (Phi) is 6.16. The molecule has 1 fully saturated rings. The Morgan fingerprint density at radius 1 is 1.39 bits per heavy atom. The van der Waals surface area contributed by atoms with E-state index in [1.54, 1.807) is 4.90 Å². The molecule has 0 radical (unpaired) electrons. The van der Waals surface area contributed by atoms with Gasteiger partial charge in [0.2, 0.25) is 11.8 Å². The minimum atomic E-state index is -0.404. The van der Waals surface area contributed by atoms with Crippen molar-refractivity contribution in [2.75, 3.05) is 6.54 Å². The summed E-state index contributed by atoms with van der Waals surface area (Å²) in [7, 11) is 0. The van der Waals surface area contributed by atoms with Crippen LogP contribution in [0.4, 0.5) is 0 Å².